The van der Waals surface area contributed by atoms with Crippen molar-refractivity contribution in [3.8, 4) is 0 Å². The van der Waals surface area contributed by atoms with Gasteiger partial charge in [0.2, 0.25) is 0 Å². The predicted octanol–water partition coefficient (Wildman–Crippen LogP) is 4.04. The second-order valence-corrected chi connectivity index (χ2v) is 6.74. The maximum atomic E-state index is 13.7. The summed E-state index contributed by atoms with van der Waals surface area (Å²) < 4.78 is 32.3. The molecule has 4 nitrogen and oxygen atoms in total. The molecule has 1 atom stereocenters. The van der Waals surface area contributed by atoms with Crippen molar-refractivity contribution < 1.29 is 23.1 Å². The van der Waals surface area contributed by atoms with Crippen molar-refractivity contribution in [2.24, 2.45) is 0 Å². The van der Waals surface area contributed by atoms with Gasteiger partial charge in [-0.05, 0) is 42.8 Å². The van der Waals surface area contributed by atoms with E-state index in [0.29, 0.717) is 10.1 Å². The molecule has 0 radical (unpaired) electrons. The number of hydrogen-bond donors (Lipinski definition) is 1. The second kappa shape index (κ2) is 7.61. The molecule has 2 aromatic carbocycles. The number of hydrogen-bond acceptors (Lipinski definition) is 4. The van der Waals surface area contributed by atoms with Crippen LogP contribution in [-0.2, 0) is 16.1 Å². The molecule has 1 N–H and O–H groups in total. The van der Waals surface area contributed by atoms with Gasteiger partial charge in [-0.25, -0.2) is 13.6 Å². The predicted molar refractivity (Wildman–Crippen MR) is 94.9 cm³/mol. The zero-order valence-electron chi connectivity index (χ0n) is 13.8. The summed E-state index contributed by atoms with van der Waals surface area (Å²) in [6.07, 6.45) is -1.02. The lowest BCUT2D eigenvalue weighted by Gasteiger charge is -2.13. The molecule has 0 aliphatic rings. The lowest BCUT2D eigenvalue weighted by molar-refractivity contribution is -0.129. The topological polar surface area (TPSA) is 55.4 Å². The highest BCUT2D eigenvalue weighted by Crippen LogP contribution is 2.28. The van der Waals surface area contributed by atoms with Gasteiger partial charge in [-0.3, -0.25) is 4.79 Å². The molecule has 0 saturated carbocycles. The molecular weight excluding hydrogens is 360 g/mol. The maximum absolute atomic E-state index is 13.7. The SMILES string of the molecule is C[C@H](OC(=O)c1cc2c(F)cccc2s1)C(=O)NCc1ccc(F)cc1. The van der Waals surface area contributed by atoms with Crippen molar-refractivity contribution in [3.63, 3.8) is 0 Å². The van der Waals surface area contributed by atoms with Gasteiger partial charge in [0.25, 0.3) is 5.91 Å². The van der Waals surface area contributed by atoms with Crippen molar-refractivity contribution in [2.75, 3.05) is 0 Å². The summed E-state index contributed by atoms with van der Waals surface area (Å²) in [5, 5.41) is 2.96. The third-order valence-corrected chi connectivity index (χ3v) is 4.82. The second-order valence-electron chi connectivity index (χ2n) is 5.65. The Balaban J connectivity index is 1.59. The monoisotopic (exact) mass is 375 g/mol. The van der Waals surface area contributed by atoms with Gasteiger partial charge in [-0.1, -0.05) is 18.2 Å². The number of rotatable bonds is 5. The fraction of sp³-hybridized carbons (Fsp3) is 0.158. The minimum absolute atomic E-state index is 0.190. The van der Waals surface area contributed by atoms with Crippen molar-refractivity contribution in [2.45, 2.75) is 19.6 Å². The number of amides is 1. The summed E-state index contributed by atoms with van der Waals surface area (Å²) in [5.74, 6) is -1.94. The Labute approximate surface area is 152 Å². The Bertz CT molecular complexity index is 953. The highest BCUT2D eigenvalue weighted by molar-refractivity contribution is 7.20. The van der Waals surface area contributed by atoms with E-state index < -0.39 is 23.8 Å². The number of carbonyl (C=O) groups excluding carboxylic acids is 2. The first-order valence-electron chi connectivity index (χ1n) is 7.85. The van der Waals surface area contributed by atoms with E-state index in [1.54, 1.807) is 24.3 Å². The number of thiophene rings is 1. The molecule has 0 spiro atoms. The highest BCUT2D eigenvalue weighted by atomic mass is 32.1. The molecule has 1 heterocycles. The average Bonchev–Trinajstić information content (AvgIpc) is 3.07. The summed E-state index contributed by atoms with van der Waals surface area (Å²) in [6.45, 7) is 1.64. The van der Waals surface area contributed by atoms with Gasteiger partial charge in [-0.15, -0.1) is 11.3 Å². The molecule has 26 heavy (non-hydrogen) atoms. The number of halogens is 2. The minimum atomic E-state index is -1.02. The molecule has 7 heteroatoms. The largest absolute Gasteiger partial charge is 0.448 e. The fourth-order valence-corrected chi connectivity index (χ4v) is 3.29. The van der Waals surface area contributed by atoms with Crippen molar-refractivity contribution in [1.82, 2.24) is 5.32 Å². The molecule has 0 aliphatic carbocycles. The maximum Gasteiger partial charge on any atom is 0.349 e. The molecule has 1 amide bonds. The van der Waals surface area contributed by atoms with Crippen molar-refractivity contribution in [1.29, 1.82) is 0 Å². The Hall–Kier alpha value is -2.80. The van der Waals surface area contributed by atoms with Gasteiger partial charge in [0, 0.05) is 16.6 Å². The van der Waals surface area contributed by atoms with E-state index in [1.165, 1.54) is 31.2 Å². The van der Waals surface area contributed by atoms with Gasteiger partial charge in [-0.2, -0.15) is 0 Å². The van der Waals surface area contributed by atoms with Gasteiger partial charge in [0.15, 0.2) is 6.10 Å². The molecule has 0 saturated heterocycles. The Morgan fingerprint density at radius 1 is 1.15 bits per heavy atom. The smallest absolute Gasteiger partial charge is 0.349 e. The standard InChI is InChI=1S/C19H15F2NO3S/c1-11(18(23)22-10-12-5-7-13(20)8-6-12)25-19(24)17-9-14-15(21)3-2-4-16(14)26-17/h2-9,11H,10H2,1H3,(H,22,23)/t11-/m0/s1. The normalized spacial score (nSPS) is 12.0. The van der Waals surface area contributed by atoms with E-state index in [1.807, 2.05) is 0 Å². The molecule has 0 fully saturated rings. The molecular formula is C19H15F2NO3S. The minimum Gasteiger partial charge on any atom is -0.448 e. The number of carbonyl (C=O) groups is 2. The van der Waals surface area contributed by atoms with Crippen LogP contribution in [-0.4, -0.2) is 18.0 Å². The molecule has 134 valence electrons. The van der Waals surface area contributed by atoms with Crippen LogP contribution < -0.4 is 5.32 Å². The number of esters is 1. The zero-order valence-corrected chi connectivity index (χ0v) is 14.6. The van der Waals surface area contributed by atoms with Crippen LogP contribution in [0.4, 0.5) is 8.78 Å². The summed E-state index contributed by atoms with van der Waals surface area (Å²) in [5.41, 5.74) is 0.721. The average molecular weight is 375 g/mol. The van der Waals surface area contributed by atoms with E-state index in [9.17, 15) is 18.4 Å². The van der Waals surface area contributed by atoms with Gasteiger partial charge in [0.05, 0.1) is 0 Å². The first kappa shape index (κ1) is 18.0. The van der Waals surface area contributed by atoms with Crippen molar-refractivity contribution >= 4 is 33.3 Å². The molecule has 0 bridgehead atoms. The third kappa shape index (κ3) is 4.05. The quantitative estimate of drug-likeness (QED) is 0.685. The summed E-state index contributed by atoms with van der Waals surface area (Å²) in [4.78, 5) is 24.5. The number of nitrogens with one attached hydrogen (secondary N) is 1. The Kier molecular flexibility index (Phi) is 5.27. The third-order valence-electron chi connectivity index (χ3n) is 3.74. The zero-order chi connectivity index (χ0) is 18.7. The Morgan fingerprint density at radius 2 is 1.88 bits per heavy atom. The van der Waals surface area contributed by atoms with Gasteiger partial charge in [0.1, 0.15) is 16.5 Å². The van der Waals surface area contributed by atoms with Crippen LogP contribution in [0, 0.1) is 11.6 Å². The Morgan fingerprint density at radius 3 is 2.58 bits per heavy atom. The lowest BCUT2D eigenvalue weighted by atomic mass is 10.2. The number of fused-ring (bicyclic) bond motifs is 1. The van der Waals surface area contributed by atoms with Crippen LogP contribution in [0.2, 0.25) is 0 Å². The van der Waals surface area contributed by atoms with E-state index in [-0.39, 0.29) is 17.2 Å². The highest BCUT2D eigenvalue weighted by Gasteiger charge is 2.20. The molecule has 0 aliphatic heterocycles. The van der Waals surface area contributed by atoms with Gasteiger partial charge < -0.3 is 10.1 Å². The fourth-order valence-electron chi connectivity index (χ4n) is 2.33. The van der Waals surface area contributed by atoms with E-state index >= 15 is 0 Å². The van der Waals surface area contributed by atoms with Crippen LogP contribution in [0.25, 0.3) is 10.1 Å². The lowest BCUT2D eigenvalue weighted by Crippen LogP contribution is -2.35. The van der Waals surface area contributed by atoms with Crippen LogP contribution in [0.1, 0.15) is 22.2 Å². The number of benzene rings is 2. The molecule has 3 rings (SSSR count). The van der Waals surface area contributed by atoms with Crippen LogP contribution >= 0.6 is 11.3 Å². The summed E-state index contributed by atoms with van der Waals surface area (Å²) in [6, 6.07) is 11.7. The van der Waals surface area contributed by atoms with Crippen LogP contribution in [0.5, 0.6) is 0 Å². The van der Waals surface area contributed by atoms with Crippen LogP contribution in [0.3, 0.4) is 0 Å². The van der Waals surface area contributed by atoms with E-state index in [4.69, 9.17) is 4.74 Å². The van der Waals surface area contributed by atoms with Crippen LogP contribution in [0.15, 0.2) is 48.5 Å². The first-order valence-corrected chi connectivity index (χ1v) is 8.67. The molecule has 0 unspecified atom stereocenters. The summed E-state index contributed by atoms with van der Waals surface area (Å²) in [7, 11) is 0. The van der Waals surface area contributed by atoms with Gasteiger partial charge >= 0.3 is 5.97 Å². The van der Waals surface area contributed by atoms with Crippen molar-refractivity contribution in [3.05, 3.63) is 70.6 Å². The first-order chi connectivity index (χ1) is 12.4. The summed E-state index contributed by atoms with van der Waals surface area (Å²) >= 11 is 1.10. The van der Waals surface area contributed by atoms with E-state index in [2.05, 4.69) is 5.32 Å². The number of ether oxygens (including phenoxy) is 1. The molecule has 1 aromatic heterocycles. The molecule has 3 aromatic rings. The van der Waals surface area contributed by atoms with E-state index in [0.717, 1.165) is 16.9 Å².